The van der Waals surface area contributed by atoms with E-state index in [4.69, 9.17) is 8.83 Å². The Morgan fingerprint density at radius 3 is 1.58 bits per heavy atom. The molecule has 0 saturated heterocycles. The second kappa shape index (κ2) is 12.0. The molecule has 5 heteroatoms. The Morgan fingerprint density at radius 1 is 0.364 bits per heavy atom. The van der Waals surface area contributed by atoms with Crippen LogP contribution >= 0.6 is 0 Å². The fourth-order valence-corrected chi connectivity index (χ4v) is 8.23. The highest BCUT2D eigenvalue weighted by Gasteiger charge is 2.20. The lowest BCUT2D eigenvalue weighted by atomic mass is 9.92. The standard InChI is InChI=1S/C50H29NO4/c52-48-38-20-11-19-35(34-26-32(30-13-3-1-4-14-30)25-33(27-34)31-15-5-2-6-16-31)50(38)55-46-29-45-40(28-39(46)48)49(53)47-43(23-12-24-44(47)54-45)51-41-21-9-7-17-36(41)37-18-8-10-22-42(37)51/h1-29H. The third-order valence-electron chi connectivity index (χ3n) is 10.8. The molecule has 0 bridgehead atoms. The molecule has 0 fully saturated rings. The Morgan fingerprint density at radius 2 is 0.909 bits per heavy atom. The zero-order valence-corrected chi connectivity index (χ0v) is 29.3. The number of nitrogens with zero attached hydrogens (tertiary/aromatic N) is 1. The quantitative estimate of drug-likeness (QED) is 0.171. The second-order valence-electron chi connectivity index (χ2n) is 13.9. The summed E-state index contributed by atoms with van der Waals surface area (Å²) in [6, 6.07) is 58.0. The first-order valence-electron chi connectivity index (χ1n) is 18.2. The van der Waals surface area contributed by atoms with Crippen molar-refractivity contribution in [2.45, 2.75) is 0 Å². The monoisotopic (exact) mass is 707 g/mol. The molecule has 258 valence electrons. The fraction of sp³-hybridized carbons (Fsp3) is 0. The summed E-state index contributed by atoms with van der Waals surface area (Å²) in [6.07, 6.45) is 0. The van der Waals surface area contributed by atoms with Gasteiger partial charge < -0.3 is 13.4 Å². The summed E-state index contributed by atoms with van der Waals surface area (Å²) in [4.78, 5) is 29.0. The number of para-hydroxylation sites is 3. The molecule has 0 saturated carbocycles. The third-order valence-corrected chi connectivity index (χ3v) is 10.8. The summed E-state index contributed by atoms with van der Waals surface area (Å²) >= 11 is 0. The fourth-order valence-electron chi connectivity index (χ4n) is 8.23. The Bertz CT molecular complexity index is 3360. The number of fused-ring (bicyclic) bond motifs is 7. The topological polar surface area (TPSA) is 65.3 Å². The Hall–Kier alpha value is -7.50. The van der Waals surface area contributed by atoms with Crippen molar-refractivity contribution in [1.82, 2.24) is 4.57 Å². The van der Waals surface area contributed by atoms with Gasteiger partial charge in [0.15, 0.2) is 0 Å². The van der Waals surface area contributed by atoms with E-state index in [1.54, 1.807) is 18.2 Å². The van der Waals surface area contributed by atoms with Gasteiger partial charge in [0.1, 0.15) is 22.3 Å². The minimum absolute atomic E-state index is 0.210. The predicted molar refractivity (Wildman–Crippen MR) is 224 cm³/mol. The van der Waals surface area contributed by atoms with Crippen molar-refractivity contribution in [2.24, 2.45) is 0 Å². The van der Waals surface area contributed by atoms with Gasteiger partial charge in [-0.05, 0) is 82.4 Å². The van der Waals surface area contributed by atoms with Crippen molar-refractivity contribution in [3.63, 3.8) is 0 Å². The van der Waals surface area contributed by atoms with E-state index in [2.05, 4.69) is 71.3 Å². The molecule has 0 aliphatic heterocycles. The maximum atomic E-state index is 14.6. The molecule has 55 heavy (non-hydrogen) atoms. The van der Waals surface area contributed by atoms with Crippen LogP contribution in [-0.2, 0) is 0 Å². The molecule has 0 N–H and O–H groups in total. The Balaban J connectivity index is 1.14. The molecule has 8 aromatic carbocycles. The van der Waals surface area contributed by atoms with E-state index in [0.717, 1.165) is 55.2 Å². The van der Waals surface area contributed by atoms with Crippen LogP contribution < -0.4 is 10.9 Å². The van der Waals surface area contributed by atoms with Gasteiger partial charge in [-0.15, -0.1) is 0 Å². The Kier molecular flexibility index (Phi) is 6.79. The number of benzene rings is 8. The van der Waals surface area contributed by atoms with Gasteiger partial charge in [0.05, 0.1) is 38.3 Å². The zero-order chi connectivity index (χ0) is 36.6. The molecule has 0 atom stereocenters. The number of hydrogen-bond donors (Lipinski definition) is 0. The van der Waals surface area contributed by atoms with Crippen LogP contribution in [0.4, 0.5) is 0 Å². The summed E-state index contributed by atoms with van der Waals surface area (Å²) in [6.45, 7) is 0. The van der Waals surface area contributed by atoms with Crippen LogP contribution in [0.1, 0.15) is 0 Å². The van der Waals surface area contributed by atoms with Gasteiger partial charge in [0, 0.05) is 22.4 Å². The summed E-state index contributed by atoms with van der Waals surface area (Å²) in [5.41, 5.74) is 9.88. The van der Waals surface area contributed by atoms with Crippen LogP contribution in [0.15, 0.2) is 194 Å². The van der Waals surface area contributed by atoms with Crippen molar-refractivity contribution >= 4 is 65.7 Å². The lowest BCUT2D eigenvalue weighted by Gasteiger charge is -2.13. The van der Waals surface area contributed by atoms with E-state index in [9.17, 15) is 9.59 Å². The molecule has 0 radical (unpaired) electrons. The van der Waals surface area contributed by atoms with E-state index < -0.39 is 0 Å². The lowest BCUT2D eigenvalue weighted by molar-refractivity contribution is 0.646. The molecule has 11 aromatic rings. The van der Waals surface area contributed by atoms with Crippen molar-refractivity contribution in [3.05, 3.63) is 196 Å². The second-order valence-corrected chi connectivity index (χ2v) is 13.9. The first-order chi connectivity index (χ1) is 27.1. The number of hydrogen-bond acceptors (Lipinski definition) is 4. The molecule has 0 aliphatic carbocycles. The number of aromatic nitrogens is 1. The normalized spacial score (nSPS) is 11.8. The summed E-state index contributed by atoms with van der Waals surface area (Å²) in [5.74, 6) is 0. The third kappa shape index (κ3) is 4.80. The van der Waals surface area contributed by atoms with Gasteiger partial charge in [-0.2, -0.15) is 0 Å². The SMILES string of the molecule is O=c1c2cc3c(=O)c4c(-n5c6ccccc6c6ccccc65)cccc4oc3cc2oc2c(-c3cc(-c4ccccc4)cc(-c4ccccc4)c3)cccc12. The Labute approximate surface area is 313 Å². The van der Waals surface area contributed by atoms with Crippen LogP contribution in [-0.4, -0.2) is 4.57 Å². The molecule has 11 rings (SSSR count). The van der Waals surface area contributed by atoms with Crippen LogP contribution in [0.2, 0.25) is 0 Å². The molecular formula is C50H29NO4. The lowest BCUT2D eigenvalue weighted by Crippen LogP contribution is -2.09. The molecule has 0 aliphatic rings. The maximum absolute atomic E-state index is 14.6. The van der Waals surface area contributed by atoms with Gasteiger partial charge >= 0.3 is 0 Å². The summed E-state index contributed by atoms with van der Waals surface area (Å²) in [5, 5.41) is 3.71. The zero-order valence-electron chi connectivity index (χ0n) is 29.3. The molecule has 3 heterocycles. The van der Waals surface area contributed by atoms with Crippen LogP contribution in [0.25, 0.3) is 105 Å². The molecule has 3 aromatic heterocycles. The predicted octanol–water partition coefficient (Wildman–Crippen LogP) is 12.3. The van der Waals surface area contributed by atoms with Crippen LogP contribution in [0.3, 0.4) is 0 Å². The highest BCUT2D eigenvalue weighted by molar-refractivity contribution is 6.11. The van der Waals surface area contributed by atoms with Gasteiger partial charge in [-0.25, -0.2) is 0 Å². The summed E-state index contributed by atoms with van der Waals surface area (Å²) in [7, 11) is 0. The highest BCUT2D eigenvalue weighted by atomic mass is 16.3. The van der Waals surface area contributed by atoms with Gasteiger partial charge in [-0.1, -0.05) is 115 Å². The van der Waals surface area contributed by atoms with Crippen molar-refractivity contribution in [3.8, 4) is 39.1 Å². The van der Waals surface area contributed by atoms with E-state index in [1.807, 2.05) is 91.0 Å². The van der Waals surface area contributed by atoms with E-state index in [1.165, 1.54) is 0 Å². The van der Waals surface area contributed by atoms with Gasteiger partial charge in [-0.3, -0.25) is 9.59 Å². The minimum atomic E-state index is -0.213. The average molecular weight is 708 g/mol. The minimum Gasteiger partial charge on any atom is -0.456 e. The number of rotatable bonds is 4. The largest absolute Gasteiger partial charge is 0.456 e. The first-order valence-corrected chi connectivity index (χ1v) is 18.2. The maximum Gasteiger partial charge on any atom is 0.202 e. The molecule has 0 spiro atoms. The van der Waals surface area contributed by atoms with E-state index >= 15 is 0 Å². The molecule has 0 amide bonds. The summed E-state index contributed by atoms with van der Waals surface area (Å²) < 4.78 is 15.3. The smallest absolute Gasteiger partial charge is 0.202 e. The van der Waals surface area contributed by atoms with Gasteiger partial charge in [0.25, 0.3) is 0 Å². The average Bonchev–Trinajstić information content (AvgIpc) is 3.58. The van der Waals surface area contributed by atoms with Gasteiger partial charge in [0.2, 0.25) is 10.9 Å². The molecular weight excluding hydrogens is 679 g/mol. The molecule has 0 unspecified atom stereocenters. The van der Waals surface area contributed by atoms with Crippen LogP contribution in [0, 0.1) is 0 Å². The van der Waals surface area contributed by atoms with E-state index in [0.29, 0.717) is 49.6 Å². The first kappa shape index (κ1) is 31.1. The van der Waals surface area contributed by atoms with Crippen molar-refractivity contribution in [1.29, 1.82) is 0 Å². The van der Waals surface area contributed by atoms with Crippen molar-refractivity contribution in [2.75, 3.05) is 0 Å². The van der Waals surface area contributed by atoms with Crippen molar-refractivity contribution < 1.29 is 8.83 Å². The van der Waals surface area contributed by atoms with E-state index in [-0.39, 0.29) is 10.9 Å². The van der Waals surface area contributed by atoms with Crippen LogP contribution in [0.5, 0.6) is 0 Å². The molecule has 5 nitrogen and oxygen atoms in total. The highest BCUT2D eigenvalue weighted by Crippen LogP contribution is 2.38.